The summed E-state index contributed by atoms with van der Waals surface area (Å²) in [7, 11) is 0. The normalized spacial score (nSPS) is 20.0. The zero-order valence-corrected chi connectivity index (χ0v) is 10.5. The molecule has 0 aliphatic carbocycles. The Hall–Kier alpha value is -1.35. The van der Waals surface area contributed by atoms with Gasteiger partial charge in [0.15, 0.2) is 0 Å². The van der Waals surface area contributed by atoms with E-state index in [9.17, 15) is 4.79 Å². The number of piperidine rings is 1. The summed E-state index contributed by atoms with van der Waals surface area (Å²) in [6.45, 7) is 5.93. The Labute approximate surface area is 103 Å². The van der Waals surface area contributed by atoms with Gasteiger partial charge in [-0.3, -0.25) is 4.79 Å². The SMILES string of the molecule is Cc1cccc(C)c1C(=O)NC1CCCNC1. The first-order valence-electron chi connectivity index (χ1n) is 6.26. The molecule has 1 unspecified atom stereocenters. The van der Waals surface area contributed by atoms with Crippen LogP contribution in [0.3, 0.4) is 0 Å². The second-order valence-corrected chi connectivity index (χ2v) is 4.78. The van der Waals surface area contributed by atoms with Crippen molar-refractivity contribution in [2.24, 2.45) is 0 Å². The first-order valence-corrected chi connectivity index (χ1v) is 6.26. The van der Waals surface area contributed by atoms with Crippen LogP contribution in [0.1, 0.15) is 34.3 Å². The lowest BCUT2D eigenvalue weighted by molar-refractivity contribution is 0.0929. The minimum absolute atomic E-state index is 0.0642. The zero-order valence-electron chi connectivity index (χ0n) is 10.5. The summed E-state index contributed by atoms with van der Waals surface area (Å²) in [6.07, 6.45) is 2.21. The molecule has 92 valence electrons. The molecule has 1 aliphatic heterocycles. The number of aryl methyl sites for hydroxylation is 2. The van der Waals surface area contributed by atoms with Crippen LogP contribution in [0, 0.1) is 13.8 Å². The molecule has 1 aromatic rings. The first-order chi connectivity index (χ1) is 8.18. The number of benzene rings is 1. The third-order valence-electron chi connectivity index (χ3n) is 3.34. The summed E-state index contributed by atoms with van der Waals surface area (Å²) in [5.41, 5.74) is 2.93. The second-order valence-electron chi connectivity index (χ2n) is 4.78. The molecule has 1 heterocycles. The van der Waals surface area contributed by atoms with Crippen LogP contribution in [-0.2, 0) is 0 Å². The lowest BCUT2D eigenvalue weighted by atomic mass is 10.0. The fraction of sp³-hybridized carbons (Fsp3) is 0.500. The Morgan fingerprint density at radius 2 is 2.06 bits per heavy atom. The van der Waals surface area contributed by atoms with Crippen molar-refractivity contribution < 1.29 is 4.79 Å². The van der Waals surface area contributed by atoms with E-state index < -0.39 is 0 Å². The Kier molecular flexibility index (Phi) is 3.79. The summed E-state index contributed by atoms with van der Waals surface area (Å²) in [6, 6.07) is 6.24. The van der Waals surface area contributed by atoms with Crippen molar-refractivity contribution >= 4 is 5.91 Å². The summed E-state index contributed by atoms with van der Waals surface area (Å²) in [5.74, 6) is 0.0642. The molecule has 0 aromatic heterocycles. The molecule has 0 spiro atoms. The number of hydrogen-bond donors (Lipinski definition) is 2. The van der Waals surface area contributed by atoms with Crippen molar-refractivity contribution in [1.29, 1.82) is 0 Å². The van der Waals surface area contributed by atoms with Gasteiger partial charge in [0.2, 0.25) is 0 Å². The third-order valence-corrected chi connectivity index (χ3v) is 3.34. The van der Waals surface area contributed by atoms with Crippen LogP contribution >= 0.6 is 0 Å². The van der Waals surface area contributed by atoms with E-state index in [4.69, 9.17) is 0 Å². The third kappa shape index (κ3) is 2.86. The van der Waals surface area contributed by atoms with Gasteiger partial charge in [-0.05, 0) is 44.4 Å². The van der Waals surface area contributed by atoms with Crippen molar-refractivity contribution in [3.05, 3.63) is 34.9 Å². The lowest BCUT2D eigenvalue weighted by Gasteiger charge is -2.24. The Morgan fingerprint density at radius 3 is 2.65 bits per heavy atom. The van der Waals surface area contributed by atoms with Gasteiger partial charge < -0.3 is 10.6 Å². The maximum atomic E-state index is 12.2. The van der Waals surface area contributed by atoms with Gasteiger partial charge in [0.05, 0.1) is 0 Å². The molecule has 1 aromatic carbocycles. The van der Waals surface area contributed by atoms with Gasteiger partial charge >= 0.3 is 0 Å². The molecule has 1 amide bonds. The highest BCUT2D eigenvalue weighted by atomic mass is 16.1. The summed E-state index contributed by atoms with van der Waals surface area (Å²) >= 11 is 0. The molecular formula is C14H20N2O. The molecule has 0 bridgehead atoms. The van der Waals surface area contributed by atoms with Gasteiger partial charge in [0, 0.05) is 18.2 Å². The maximum absolute atomic E-state index is 12.2. The number of amides is 1. The van der Waals surface area contributed by atoms with Gasteiger partial charge in [0.1, 0.15) is 0 Å². The number of carbonyl (C=O) groups is 1. The molecule has 0 saturated carbocycles. The highest BCUT2D eigenvalue weighted by Gasteiger charge is 2.18. The van der Waals surface area contributed by atoms with E-state index in [1.54, 1.807) is 0 Å². The van der Waals surface area contributed by atoms with Crippen LogP contribution in [0.4, 0.5) is 0 Å². The van der Waals surface area contributed by atoms with Crippen LogP contribution in [0.5, 0.6) is 0 Å². The van der Waals surface area contributed by atoms with Crippen LogP contribution in [0.2, 0.25) is 0 Å². The second kappa shape index (κ2) is 5.32. The van der Waals surface area contributed by atoms with E-state index in [1.165, 1.54) is 0 Å². The van der Waals surface area contributed by atoms with E-state index in [-0.39, 0.29) is 11.9 Å². The fourth-order valence-electron chi connectivity index (χ4n) is 2.41. The summed E-state index contributed by atoms with van der Waals surface area (Å²) < 4.78 is 0. The van der Waals surface area contributed by atoms with Gasteiger partial charge in [-0.15, -0.1) is 0 Å². The molecule has 2 N–H and O–H groups in total. The number of rotatable bonds is 2. The van der Waals surface area contributed by atoms with Crippen molar-refractivity contribution in [2.45, 2.75) is 32.7 Å². The topological polar surface area (TPSA) is 41.1 Å². The van der Waals surface area contributed by atoms with Crippen molar-refractivity contribution in [3.8, 4) is 0 Å². The van der Waals surface area contributed by atoms with Gasteiger partial charge in [-0.1, -0.05) is 18.2 Å². The smallest absolute Gasteiger partial charge is 0.252 e. The van der Waals surface area contributed by atoms with E-state index in [0.29, 0.717) is 0 Å². The Morgan fingerprint density at radius 1 is 1.35 bits per heavy atom. The molecule has 1 atom stereocenters. The van der Waals surface area contributed by atoms with Gasteiger partial charge in [-0.25, -0.2) is 0 Å². The molecule has 17 heavy (non-hydrogen) atoms. The number of carbonyl (C=O) groups excluding carboxylic acids is 1. The van der Waals surface area contributed by atoms with Crippen LogP contribution < -0.4 is 10.6 Å². The van der Waals surface area contributed by atoms with Crippen LogP contribution in [0.25, 0.3) is 0 Å². The molecular weight excluding hydrogens is 212 g/mol. The van der Waals surface area contributed by atoms with E-state index >= 15 is 0 Å². The quantitative estimate of drug-likeness (QED) is 0.816. The average molecular weight is 232 g/mol. The minimum atomic E-state index is 0.0642. The molecule has 1 aliphatic rings. The molecule has 2 rings (SSSR count). The minimum Gasteiger partial charge on any atom is -0.348 e. The van der Waals surface area contributed by atoms with E-state index in [1.807, 2.05) is 32.0 Å². The maximum Gasteiger partial charge on any atom is 0.252 e. The molecule has 1 fully saturated rings. The average Bonchev–Trinajstić information content (AvgIpc) is 2.30. The highest BCUT2D eigenvalue weighted by molar-refractivity contribution is 5.97. The van der Waals surface area contributed by atoms with E-state index in [0.717, 1.165) is 42.6 Å². The van der Waals surface area contributed by atoms with Crippen LogP contribution in [-0.4, -0.2) is 25.0 Å². The van der Waals surface area contributed by atoms with Gasteiger partial charge in [-0.2, -0.15) is 0 Å². The predicted octanol–water partition coefficient (Wildman–Crippen LogP) is 1.79. The van der Waals surface area contributed by atoms with E-state index in [2.05, 4.69) is 10.6 Å². The zero-order chi connectivity index (χ0) is 12.3. The van der Waals surface area contributed by atoms with Crippen molar-refractivity contribution in [1.82, 2.24) is 10.6 Å². The molecule has 0 radical (unpaired) electrons. The Balaban J connectivity index is 2.08. The molecule has 3 heteroatoms. The van der Waals surface area contributed by atoms with Crippen molar-refractivity contribution in [3.63, 3.8) is 0 Å². The first kappa shape index (κ1) is 12.1. The van der Waals surface area contributed by atoms with Gasteiger partial charge in [0.25, 0.3) is 5.91 Å². The largest absolute Gasteiger partial charge is 0.348 e. The fourth-order valence-corrected chi connectivity index (χ4v) is 2.41. The highest BCUT2D eigenvalue weighted by Crippen LogP contribution is 2.14. The molecule has 1 saturated heterocycles. The standard InChI is InChI=1S/C14H20N2O/c1-10-5-3-6-11(2)13(10)14(17)16-12-7-4-8-15-9-12/h3,5-6,12,15H,4,7-9H2,1-2H3,(H,16,17). The predicted molar refractivity (Wildman–Crippen MR) is 69.3 cm³/mol. The monoisotopic (exact) mass is 232 g/mol. The summed E-state index contributed by atoms with van der Waals surface area (Å²) in [4.78, 5) is 12.2. The number of hydrogen-bond acceptors (Lipinski definition) is 2. The van der Waals surface area contributed by atoms with Crippen molar-refractivity contribution in [2.75, 3.05) is 13.1 Å². The number of nitrogens with one attached hydrogen (secondary N) is 2. The summed E-state index contributed by atoms with van der Waals surface area (Å²) in [5, 5.41) is 6.42. The lowest BCUT2D eigenvalue weighted by Crippen LogP contribution is -2.45. The Bertz CT molecular complexity index is 388. The van der Waals surface area contributed by atoms with Crippen LogP contribution in [0.15, 0.2) is 18.2 Å². The molecule has 3 nitrogen and oxygen atoms in total.